The molecule has 1 aromatic rings. The Morgan fingerprint density at radius 3 is 1.75 bits per heavy atom. The van der Waals surface area contributed by atoms with E-state index in [-0.39, 0.29) is 25.2 Å². The van der Waals surface area contributed by atoms with Crippen LogP contribution in [0.4, 0.5) is 0 Å². The number of aldehydes is 1. The van der Waals surface area contributed by atoms with Crippen molar-refractivity contribution < 1.29 is 63.3 Å². The summed E-state index contributed by atoms with van der Waals surface area (Å²) < 4.78 is 0. The number of carbonyl (C=O) groups excluding carboxylic acids is 7. The molecule has 0 aliphatic heterocycles. The van der Waals surface area contributed by atoms with Gasteiger partial charge in [-0.2, -0.15) is 0 Å². The summed E-state index contributed by atoms with van der Waals surface area (Å²) in [6.07, 6.45) is -0.867. The van der Waals surface area contributed by atoms with Crippen molar-refractivity contribution in [1.29, 1.82) is 0 Å². The minimum absolute atomic E-state index is 0.0405. The fourth-order valence-corrected chi connectivity index (χ4v) is 6.16. The quantitative estimate of drug-likeness (QED) is 0.0457. The maximum Gasteiger partial charge on any atom is 0.305 e. The minimum atomic E-state index is -1.79. The third kappa shape index (κ3) is 19.7. The molecule has 0 fully saturated rings. The Kier molecular flexibility index (Phi) is 21.9. The molecule has 0 heterocycles. The summed E-state index contributed by atoms with van der Waals surface area (Å²) in [6.45, 7) is 10.5. The molecule has 1 aromatic carbocycles. The molecule has 59 heavy (non-hydrogen) atoms. The number of hydrogen-bond donors (Lipinski definition) is 9. The van der Waals surface area contributed by atoms with E-state index in [1.165, 1.54) is 11.8 Å². The van der Waals surface area contributed by atoms with Crippen molar-refractivity contribution in [2.75, 3.05) is 6.26 Å². The molecule has 0 aromatic heterocycles. The average Bonchev–Trinajstić information content (AvgIpc) is 3.13. The van der Waals surface area contributed by atoms with E-state index in [0.29, 0.717) is 11.8 Å². The molecule has 9 N–H and O–H groups in total. The molecular formula is C39H58N6O13S. The lowest BCUT2D eigenvalue weighted by molar-refractivity contribution is -0.142. The highest BCUT2D eigenvalue weighted by molar-refractivity contribution is 7.99. The van der Waals surface area contributed by atoms with Crippen LogP contribution in [0.5, 0.6) is 0 Å². The molecule has 0 aliphatic rings. The Labute approximate surface area is 347 Å². The van der Waals surface area contributed by atoms with Crippen LogP contribution in [0.25, 0.3) is 0 Å². The average molecular weight is 851 g/mol. The van der Waals surface area contributed by atoms with Crippen molar-refractivity contribution >= 4 is 71.4 Å². The molecule has 0 saturated carbocycles. The van der Waals surface area contributed by atoms with Crippen molar-refractivity contribution in [3.63, 3.8) is 0 Å². The Morgan fingerprint density at radius 1 is 0.678 bits per heavy atom. The highest BCUT2D eigenvalue weighted by Crippen LogP contribution is 2.21. The van der Waals surface area contributed by atoms with Gasteiger partial charge in [0.1, 0.15) is 36.5 Å². The molecule has 328 valence electrons. The highest BCUT2D eigenvalue weighted by Gasteiger charge is 2.38. The lowest BCUT2D eigenvalue weighted by Gasteiger charge is -2.34. The van der Waals surface area contributed by atoms with E-state index in [4.69, 9.17) is 5.11 Å². The van der Waals surface area contributed by atoms with Crippen molar-refractivity contribution in [2.45, 2.75) is 128 Å². The molecule has 6 atom stereocenters. The van der Waals surface area contributed by atoms with E-state index in [0.717, 1.165) is 5.56 Å². The van der Waals surface area contributed by atoms with Crippen molar-refractivity contribution in [2.24, 2.45) is 11.3 Å². The molecule has 0 aliphatic carbocycles. The molecule has 0 radical (unpaired) electrons. The number of hydrogen-bond acceptors (Lipinski definition) is 11. The minimum Gasteiger partial charge on any atom is -0.481 e. The van der Waals surface area contributed by atoms with Gasteiger partial charge in [-0.15, -0.1) is 11.8 Å². The van der Waals surface area contributed by atoms with Gasteiger partial charge in [-0.1, -0.05) is 58.9 Å². The Bertz CT molecular complexity index is 1680. The zero-order chi connectivity index (χ0) is 45.0. The summed E-state index contributed by atoms with van der Waals surface area (Å²) >= 11 is 1.25. The maximum absolute atomic E-state index is 14.2. The van der Waals surface area contributed by atoms with Gasteiger partial charge in [-0.3, -0.25) is 43.2 Å². The van der Waals surface area contributed by atoms with Gasteiger partial charge in [0.25, 0.3) is 0 Å². The number of benzene rings is 1. The number of carboxylic acid groups (broad SMARTS) is 3. The van der Waals surface area contributed by atoms with Crippen LogP contribution in [-0.4, -0.2) is 117 Å². The SMILES string of the molecule is CSC(CC=O)NC(=O)[C@@H](CC(C)C)NC(=O)[C@@H](NC(=O)[C@H](Cc1ccccc1C)NC(=O)[C@H](CCC(=O)O)NC(=O)[C@H](CC(=O)O)NC(=O)CCC(=O)O)C(C)(C)C. The lowest BCUT2D eigenvalue weighted by atomic mass is 9.85. The van der Waals surface area contributed by atoms with Crippen molar-refractivity contribution in [3.05, 3.63) is 35.4 Å². The molecule has 0 saturated heterocycles. The van der Waals surface area contributed by atoms with E-state index >= 15 is 0 Å². The van der Waals surface area contributed by atoms with Crippen LogP contribution in [0.15, 0.2) is 24.3 Å². The molecule has 0 spiro atoms. The summed E-state index contributed by atoms with van der Waals surface area (Å²) in [5.74, 6) is -9.57. The first-order valence-electron chi connectivity index (χ1n) is 19.0. The van der Waals surface area contributed by atoms with Crippen LogP contribution in [0, 0.1) is 18.3 Å². The van der Waals surface area contributed by atoms with Gasteiger partial charge in [0.15, 0.2) is 0 Å². The number of aliphatic carboxylic acids is 3. The zero-order valence-electron chi connectivity index (χ0n) is 34.4. The second-order valence-corrected chi connectivity index (χ2v) is 16.5. The fourth-order valence-electron chi connectivity index (χ4n) is 5.66. The molecule has 19 nitrogen and oxygen atoms in total. The van der Waals surface area contributed by atoms with Gasteiger partial charge in [-0.25, -0.2) is 0 Å². The lowest BCUT2D eigenvalue weighted by Crippen LogP contribution is -2.62. The monoisotopic (exact) mass is 850 g/mol. The summed E-state index contributed by atoms with van der Waals surface area (Å²) in [6, 6.07) is -0.337. The first-order valence-corrected chi connectivity index (χ1v) is 20.2. The first kappa shape index (κ1) is 51.5. The van der Waals surface area contributed by atoms with Crippen LogP contribution in [0.2, 0.25) is 0 Å². The number of carboxylic acids is 3. The third-order valence-corrected chi connectivity index (χ3v) is 9.73. The van der Waals surface area contributed by atoms with Crippen LogP contribution in [0.1, 0.15) is 90.7 Å². The van der Waals surface area contributed by atoms with Crippen LogP contribution >= 0.6 is 11.8 Å². The summed E-state index contributed by atoms with van der Waals surface area (Å²) in [7, 11) is 0. The van der Waals surface area contributed by atoms with Crippen LogP contribution in [-0.2, 0) is 54.4 Å². The highest BCUT2D eigenvalue weighted by atomic mass is 32.2. The molecular weight excluding hydrogens is 793 g/mol. The van der Waals surface area contributed by atoms with Gasteiger partial charge < -0.3 is 52.0 Å². The third-order valence-electron chi connectivity index (χ3n) is 8.85. The normalized spacial score (nSPS) is 14.2. The maximum atomic E-state index is 14.2. The standard InChI is InChI=1S/C39H58N6O13S/c1-21(2)18-25(36(56)44-29(59-7)16-17-46)43-38(58)33(39(4,5)6)45-37(57)26(19-23-11-9-8-10-22(23)3)42-34(54)24(12-14-30(48)49)41-35(55)27(20-32(52)53)40-28(47)13-15-31(50)51/h8-11,17,21,24-27,29,33H,12-16,18-20H2,1-7H3,(H,40,47)(H,41,55)(H,42,54)(H,43,58)(H,44,56)(H,45,57)(H,48,49)(H,50,51)(H,52,53)/t24-,25+,26-,27-,29?,33+/m0/s1. The summed E-state index contributed by atoms with van der Waals surface area (Å²) in [5, 5.41) is 42.2. The number of carbonyl (C=O) groups is 10. The second kappa shape index (κ2) is 25.1. The van der Waals surface area contributed by atoms with E-state index < -0.39 is 126 Å². The van der Waals surface area contributed by atoms with Gasteiger partial charge in [0.05, 0.1) is 18.2 Å². The molecule has 6 amide bonds. The topological polar surface area (TPSA) is 304 Å². The molecule has 1 rings (SSSR count). The largest absolute Gasteiger partial charge is 0.481 e. The smallest absolute Gasteiger partial charge is 0.305 e. The molecule has 1 unspecified atom stereocenters. The second-order valence-electron chi connectivity index (χ2n) is 15.4. The van der Waals surface area contributed by atoms with E-state index in [9.17, 15) is 58.2 Å². The zero-order valence-corrected chi connectivity index (χ0v) is 35.2. The first-order chi connectivity index (χ1) is 27.5. The fraction of sp³-hybridized carbons (Fsp3) is 0.590. The van der Waals surface area contributed by atoms with Gasteiger partial charge in [-0.05, 0) is 48.5 Å². The van der Waals surface area contributed by atoms with E-state index in [2.05, 4.69) is 31.9 Å². The van der Waals surface area contributed by atoms with E-state index in [1.807, 2.05) is 13.8 Å². The van der Waals surface area contributed by atoms with Crippen molar-refractivity contribution in [3.8, 4) is 0 Å². The number of aryl methyl sites for hydroxylation is 1. The number of rotatable bonds is 26. The molecule has 20 heteroatoms. The Hall–Kier alpha value is -5.53. The Morgan fingerprint density at radius 2 is 1.22 bits per heavy atom. The molecule has 0 bridgehead atoms. The predicted octanol–water partition coefficient (Wildman–Crippen LogP) is 0.652. The van der Waals surface area contributed by atoms with Gasteiger partial charge >= 0.3 is 17.9 Å². The van der Waals surface area contributed by atoms with Crippen molar-refractivity contribution in [1.82, 2.24) is 31.9 Å². The van der Waals surface area contributed by atoms with Crippen LogP contribution in [0.3, 0.4) is 0 Å². The number of thioether (sulfide) groups is 1. The number of amides is 6. The Balaban J connectivity index is 3.54. The van der Waals surface area contributed by atoms with E-state index in [1.54, 1.807) is 58.2 Å². The number of nitrogens with one attached hydrogen (secondary N) is 6. The summed E-state index contributed by atoms with van der Waals surface area (Å²) in [5.41, 5.74) is 0.367. The van der Waals surface area contributed by atoms with Gasteiger partial charge in [0, 0.05) is 25.7 Å². The van der Waals surface area contributed by atoms with Crippen LogP contribution < -0.4 is 31.9 Å². The predicted molar refractivity (Wildman–Crippen MR) is 216 cm³/mol. The summed E-state index contributed by atoms with van der Waals surface area (Å²) in [4.78, 5) is 126. The van der Waals surface area contributed by atoms with Gasteiger partial charge in [0.2, 0.25) is 35.4 Å².